The van der Waals surface area contributed by atoms with E-state index in [2.05, 4.69) is 9.97 Å². The van der Waals surface area contributed by atoms with Gasteiger partial charge in [-0.2, -0.15) is 0 Å². The molecule has 0 spiro atoms. The fraction of sp³-hybridized carbons (Fsp3) is 0.562. The largest absolute Gasteiger partial charge is 0.476 e. The molecule has 24 heavy (non-hydrogen) atoms. The van der Waals surface area contributed by atoms with Crippen LogP contribution in [0.1, 0.15) is 24.1 Å². The first kappa shape index (κ1) is 16.1. The van der Waals surface area contributed by atoms with Gasteiger partial charge in [-0.25, -0.2) is 9.37 Å². The average molecular weight is 356 g/mol. The molecule has 1 aliphatic heterocycles. The van der Waals surface area contributed by atoms with Crippen LogP contribution in [-0.2, 0) is 13.0 Å². The van der Waals surface area contributed by atoms with Gasteiger partial charge in [0.15, 0.2) is 5.82 Å². The number of fused-ring (bicyclic) bond motifs is 3. The number of ether oxygens (including phenoxy) is 1. The highest BCUT2D eigenvalue weighted by Gasteiger charge is 2.29. The Labute approximate surface area is 143 Å². The number of aromatic amines is 1. The number of H-pyrrole nitrogens is 1. The van der Waals surface area contributed by atoms with Crippen LogP contribution in [0.3, 0.4) is 0 Å². The van der Waals surface area contributed by atoms with Gasteiger partial charge in [-0.05, 0) is 18.8 Å². The molecule has 3 N–H and O–H groups in total. The first-order valence-corrected chi connectivity index (χ1v) is 8.50. The van der Waals surface area contributed by atoms with E-state index in [1.54, 1.807) is 4.90 Å². The molecule has 0 aromatic carbocycles. The predicted octanol–water partition coefficient (Wildman–Crippen LogP) is 1.81. The molecule has 1 saturated carbocycles. The molecule has 0 saturated heterocycles. The van der Waals surface area contributed by atoms with E-state index < -0.39 is 12.0 Å². The summed E-state index contributed by atoms with van der Waals surface area (Å²) in [6, 6.07) is 0. The molecule has 6 nitrogen and oxygen atoms in total. The topological polar surface area (TPSA) is 81.6 Å². The summed E-state index contributed by atoms with van der Waals surface area (Å²) in [7, 11) is 0. The molecule has 8 heteroatoms. The van der Waals surface area contributed by atoms with Crippen molar-refractivity contribution in [2.75, 3.05) is 19.8 Å². The monoisotopic (exact) mass is 355 g/mol. The molecular formula is C16H19ClFN3O3. The van der Waals surface area contributed by atoms with Crippen LogP contribution in [0.25, 0.3) is 11.0 Å². The maximum atomic E-state index is 14.6. The lowest BCUT2D eigenvalue weighted by atomic mass is 10.1. The third-order valence-corrected chi connectivity index (χ3v) is 5.05. The van der Waals surface area contributed by atoms with Gasteiger partial charge in [0.1, 0.15) is 16.8 Å². The lowest BCUT2D eigenvalue weighted by Gasteiger charge is -2.30. The Balaban J connectivity index is 1.72. The van der Waals surface area contributed by atoms with E-state index in [1.165, 1.54) is 0 Å². The minimum atomic E-state index is -0.939. The van der Waals surface area contributed by atoms with Crippen LogP contribution in [0.2, 0.25) is 5.02 Å². The van der Waals surface area contributed by atoms with Gasteiger partial charge in [-0.15, -0.1) is 0 Å². The van der Waals surface area contributed by atoms with Gasteiger partial charge in [-0.1, -0.05) is 11.6 Å². The van der Waals surface area contributed by atoms with Crippen molar-refractivity contribution in [2.45, 2.75) is 32.0 Å². The highest BCUT2D eigenvalue weighted by Crippen LogP contribution is 2.37. The van der Waals surface area contributed by atoms with Crippen molar-refractivity contribution in [1.29, 1.82) is 0 Å². The van der Waals surface area contributed by atoms with Crippen LogP contribution < -0.4 is 4.74 Å². The third-order valence-electron chi connectivity index (χ3n) is 4.72. The SMILES string of the molecule is OCC(O)N1CCc2[nH]c3c(F)c(Cl)c(OCC4CC4)nc3c2C1. The van der Waals surface area contributed by atoms with E-state index in [0.717, 1.165) is 24.1 Å². The maximum absolute atomic E-state index is 14.6. The number of nitrogens with one attached hydrogen (secondary N) is 1. The Morgan fingerprint density at radius 3 is 2.96 bits per heavy atom. The van der Waals surface area contributed by atoms with E-state index in [9.17, 15) is 9.50 Å². The first-order chi connectivity index (χ1) is 11.6. The summed E-state index contributed by atoms with van der Waals surface area (Å²) < 4.78 is 20.2. The van der Waals surface area contributed by atoms with Crippen LogP contribution in [0.15, 0.2) is 0 Å². The number of nitrogens with zero attached hydrogens (tertiary/aromatic N) is 2. The summed E-state index contributed by atoms with van der Waals surface area (Å²) in [5.74, 6) is 0.0725. The molecule has 0 radical (unpaired) electrons. The quantitative estimate of drug-likeness (QED) is 0.762. The number of aromatic nitrogens is 2. The number of hydrogen-bond acceptors (Lipinski definition) is 5. The number of aliphatic hydroxyl groups excluding tert-OH is 2. The molecule has 2 aromatic rings. The van der Waals surface area contributed by atoms with Crippen molar-refractivity contribution in [1.82, 2.24) is 14.9 Å². The second kappa shape index (κ2) is 6.15. The van der Waals surface area contributed by atoms with Gasteiger partial charge in [0.25, 0.3) is 0 Å². The highest BCUT2D eigenvalue weighted by molar-refractivity contribution is 6.32. The zero-order valence-corrected chi connectivity index (χ0v) is 13.8. The lowest BCUT2D eigenvalue weighted by molar-refractivity contribution is -0.0420. The average Bonchev–Trinajstić information content (AvgIpc) is 3.36. The van der Waals surface area contributed by atoms with Crippen LogP contribution in [0.5, 0.6) is 5.88 Å². The van der Waals surface area contributed by atoms with E-state index in [0.29, 0.717) is 37.6 Å². The van der Waals surface area contributed by atoms with Crippen molar-refractivity contribution >= 4 is 22.6 Å². The minimum absolute atomic E-state index is 0.103. The van der Waals surface area contributed by atoms with Crippen molar-refractivity contribution in [3.05, 3.63) is 22.1 Å². The molecule has 4 rings (SSSR count). The number of pyridine rings is 1. The zero-order valence-electron chi connectivity index (χ0n) is 13.1. The van der Waals surface area contributed by atoms with E-state index in [4.69, 9.17) is 21.4 Å². The van der Waals surface area contributed by atoms with E-state index in [-0.39, 0.29) is 23.0 Å². The highest BCUT2D eigenvalue weighted by atomic mass is 35.5. The fourth-order valence-electron chi connectivity index (χ4n) is 3.08. The minimum Gasteiger partial charge on any atom is -0.476 e. The Morgan fingerprint density at radius 1 is 1.46 bits per heavy atom. The normalized spacial score (nSPS) is 19.5. The van der Waals surface area contributed by atoms with E-state index in [1.807, 2.05) is 0 Å². The second-order valence-electron chi connectivity index (χ2n) is 6.49. The van der Waals surface area contributed by atoms with Crippen LogP contribution in [0, 0.1) is 11.7 Å². The van der Waals surface area contributed by atoms with Gasteiger partial charge in [0.05, 0.1) is 18.7 Å². The predicted molar refractivity (Wildman–Crippen MR) is 86.5 cm³/mol. The molecule has 130 valence electrons. The van der Waals surface area contributed by atoms with Crippen molar-refractivity contribution in [3.63, 3.8) is 0 Å². The van der Waals surface area contributed by atoms with Gasteiger partial charge in [-0.3, -0.25) is 4.90 Å². The molecule has 1 fully saturated rings. The molecule has 1 atom stereocenters. The molecular weight excluding hydrogens is 337 g/mol. The van der Waals surface area contributed by atoms with Gasteiger partial charge >= 0.3 is 0 Å². The maximum Gasteiger partial charge on any atom is 0.236 e. The Hall–Kier alpha value is -1.41. The summed E-state index contributed by atoms with van der Waals surface area (Å²) in [4.78, 5) is 9.22. The lowest BCUT2D eigenvalue weighted by Crippen LogP contribution is -2.41. The van der Waals surface area contributed by atoms with Gasteiger partial charge in [0.2, 0.25) is 5.88 Å². The van der Waals surface area contributed by atoms with Crippen LogP contribution in [-0.4, -0.2) is 51.1 Å². The molecule has 2 aliphatic rings. The second-order valence-corrected chi connectivity index (χ2v) is 6.87. The molecule has 0 bridgehead atoms. The summed E-state index contributed by atoms with van der Waals surface area (Å²) in [5.41, 5.74) is 2.44. The smallest absolute Gasteiger partial charge is 0.236 e. The molecule has 2 aromatic heterocycles. The van der Waals surface area contributed by atoms with Crippen LogP contribution >= 0.6 is 11.6 Å². The molecule has 0 amide bonds. The summed E-state index contributed by atoms with van der Waals surface area (Å²) in [6.45, 7) is 1.11. The molecule has 1 unspecified atom stereocenters. The van der Waals surface area contributed by atoms with Crippen LogP contribution in [0.4, 0.5) is 4.39 Å². The van der Waals surface area contributed by atoms with Gasteiger partial charge < -0.3 is 19.9 Å². The number of hydrogen-bond donors (Lipinski definition) is 3. The standard InChI is InChI=1S/C16H19ClFN3O3/c17-12-13(18)15-14(20-16(12)24-7-8-1-2-8)9-5-21(11(23)6-22)4-3-10(9)19-15/h8,11,19,22-23H,1-7H2. The Morgan fingerprint density at radius 2 is 2.25 bits per heavy atom. The number of halogens is 2. The number of aliphatic hydroxyl groups is 2. The van der Waals surface area contributed by atoms with Crippen molar-refractivity contribution in [2.24, 2.45) is 5.92 Å². The first-order valence-electron chi connectivity index (χ1n) is 8.12. The Kier molecular flexibility index (Phi) is 4.12. The summed E-state index contributed by atoms with van der Waals surface area (Å²) in [5, 5.41) is 18.9. The summed E-state index contributed by atoms with van der Waals surface area (Å²) >= 11 is 6.08. The molecule has 3 heterocycles. The fourth-order valence-corrected chi connectivity index (χ4v) is 3.28. The van der Waals surface area contributed by atoms with E-state index >= 15 is 0 Å². The zero-order chi connectivity index (χ0) is 16.8. The van der Waals surface area contributed by atoms with Gasteiger partial charge in [0, 0.05) is 30.8 Å². The van der Waals surface area contributed by atoms with Crippen molar-refractivity contribution < 1.29 is 19.3 Å². The Bertz CT molecular complexity index is 778. The third kappa shape index (κ3) is 2.75. The van der Waals surface area contributed by atoms with Crippen molar-refractivity contribution in [3.8, 4) is 5.88 Å². The summed E-state index contributed by atoms with van der Waals surface area (Å²) in [6.07, 6.45) is 1.91. The molecule has 1 aliphatic carbocycles. The number of rotatable bonds is 5.